The molecule has 208 valence electrons. The highest BCUT2D eigenvalue weighted by atomic mass is 31.2. The first-order chi connectivity index (χ1) is 16.6. The molecule has 0 aromatic rings. The summed E-state index contributed by atoms with van der Waals surface area (Å²) in [7, 11) is 1.54. The Hall–Kier alpha value is -0.760. The fraction of sp³-hybridized carbons (Fsp3) is 0.885. The summed E-state index contributed by atoms with van der Waals surface area (Å²) in [4.78, 5) is 21.7. The van der Waals surface area contributed by atoms with Crippen molar-refractivity contribution < 1.29 is 37.6 Å². The molecule has 35 heavy (non-hydrogen) atoms. The third kappa shape index (κ3) is 24.7. The number of carbonyl (C=O) groups excluding carboxylic acids is 1. The van der Waals surface area contributed by atoms with E-state index in [1.807, 2.05) is 21.1 Å². The number of phosphoric ester groups is 1. The fourth-order valence-electron chi connectivity index (χ4n) is 3.35. The highest BCUT2D eigenvalue weighted by Gasteiger charge is 2.25. The molecule has 0 spiro atoms. The van der Waals surface area contributed by atoms with Crippen LogP contribution in [0, 0.1) is 0 Å². The van der Waals surface area contributed by atoms with Crippen LogP contribution in [-0.2, 0) is 23.1 Å². The lowest BCUT2D eigenvalue weighted by Crippen LogP contribution is -2.37. The molecule has 0 aliphatic rings. The predicted octanol–water partition coefficient (Wildman–Crippen LogP) is 5.77. The standard InChI is InChI=1S/C26H52NO7P/c1-5-6-7-8-9-10-11-12-13-14-15-16-17-18-19-20-26(29)34-25(23-28)24-33-35(30,31)32-22-21-27(2,3)4/h15-16,25,28H,5-14,17-24H2,1-4H3/p+1/b16-15-/t25-/m0/s1. The average molecular weight is 523 g/mol. The van der Waals surface area contributed by atoms with Crippen LogP contribution in [0.4, 0.5) is 0 Å². The number of quaternary nitrogens is 1. The lowest BCUT2D eigenvalue weighted by Gasteiger charge is -2.24. The molecule has 9 heteroatoms. The van der Waals surface area contributed by atoms with Crippen molar-refractivity contribution in [2.24, 2.45) is 0 Å². The Morgan fingerprint density at radius 1 is 0.886 bits per heavy atom. The minimum atomic E-state index is -4.26. The van der Waals surface area contributed by atoms with E-state index in [0.29, 0.717) is 17.4 Å². The molecule has 0 aliphatic carbocycles. The largest absolute Gasteiger partial charge is 0.472 e. The maximum absolute atomic E-state index is 12.0. The maximum atomic E-state index is 12.0. The predicted molar refractivity (Wildman–Crippen MR) is 141 cm³/mol. The molecule has 1 unspecified atom stereocenters. The molecule has 0 aliphatic heterocycles. The van der Waals surface area contributed by atoms with E-state index in [2.05, 4.69) is 19.1 Å². The Morgan fingerprint density at radius 3 is 1.97 bits per heavy atom. The van der Waals surface area contributed by atoms with Crippen LogP contribution in [-0.4, -0.2) is 74.1 Å². The minimum Gasteiger partial charge on any atom is -0.457 e. The van der Waals surface area contributed by atoms with E-state index in [9.17, 15) is 19.4 Å². The quantitative estimate of drug-likeness (QED) is 0.0546. The van der Waals surface area contributed by atoms with Gasteiger partial charge in [0.25, 0.3) is 0 Å². The first-order valence-corrected chi connectivity index (χ1v) is 15.0. The van der Waals surface area contributed by atoms with Gasteiger partial charge in [0.2, 0.25) is 0 Å². The van der Waals surface area contributed by atoms with Crippen LogP contribution in [0.3, 0.4) is 0 Å². The molecule has 0 saturated heterocycles. The van der Waals surface area contributed by atoms with Gasteiger partial charge < -0.3 is 19.2 Å². The third-order valence-corrected chi connectivity index (χ3v) is 6.57. The van der Waals surface area contributed by atoms with Crippen molar-refractivity contribution in [2.45, 2.75) is 103 Å². The summed E-state index contributed by atoms with van der Waals surface area (Å²) in [5.41, 5.74) is 0. The normalized spacial score (nSPS) is 14.8. The number of carbonyl (C=O) groups is 1. The number of nitrogens with zero attached hydrogens (tertiary/aromatic N) is 1. The van der Waals surface area contributed by atoms with Crippen molar-refractivity contribution in [3.05, 3.63) is 12.2 Å². The van der Waals surface area contributed by atoms with Crippen LogP contribution in [0.5, 0.6) is 0 Å². The van der Waals surface area contributed by atoms with E-state index in [0.717, 1.165) is 19.3 Å². The molecule has 0 bridgehead atoms. The molecule has 2 atom stereocenters. The van der Waals surface area contributed by atoms with Crippen molar-refractivity contribution in [3.8, 4) is 0 Å². The van der Waals surface area contributed by atoms with E-state index in [1.165, 1.54) is 57.8 Å². The summed E-state index contributed by atoms with van der Waals surface area (Å²) in [6, 6.07) is 0. The first-order valence-electron chi connectivity index (χ1n) is 13.5. The minimum absolute atomic E-state index is 0.0501. The fourth-order valence-corrected chi connectivity index (χ4v) is 4.10. The van der Waals surface area contributed by atoms with Crippen LogP contribution < -0.4 is 0 Å². The van der Waals surface area contributed by atoms with Gasteiger partial charge in [-0.05, 0) is 32.1 Å². The van der Waals surface area contributed by atoms with Gasteiger partial charge in [0.1, 0.15) is 19.3 Å². The van der Waals surface area contributed by atoms with Crippen molar-refractivity contribution in [1.82, 2.24) is 0 Å². The number of rotatable bonds is 24. The Balaban J connectivity index is 3.77. The van der Waals surface area contributed by atoms with Gasteiger partial charge in [0.05, 0.1) is 34.4 Å². The Kier molecular flexibility index (Phi) is 20.9. The van der Waals surface area contributed by atoms with Crippen molar-refractivity contribution in [2.75, 3.05) is 47.5 Å². The molecule has 0 fully saturated rings. The van der Waals surface area contributed by atoms with Crippen molar-refractivity contribution >= 4 is 13.8 Å². The zero-order valence-electron chi connectivity index (χ0n) is 22.8. The highest BCUT2D eigenvalue weighted by molar-refractivity contribution is 7.47. The van der Waals surface area contributed by atoms with Gasteiger partial charge in [0, 0.05) is 6.42 Å². The molecule has 0 radical (unpaired) electrons. The molecular weight excluding hydrogens is 469 g/mol. The summed E-state index contributed by atoms with van der Waals surface area (Å²) in [6.45, 7) is 1.93. The van der Waals surface area contributed by atoms with Gasteiger partial charge in [0.15, 0.2) is 0 Å². The lowest BCUT2D eigenvalue weighted by atomic mass is 10.1. The smallest absolute Gasteiger partial charge is 0.457 e. The molecule has 0 amide bonds. The zero-order valence-corrected chi connectivity index (χ0v) is 23.7. The molecule has 0 aromatic heterocycles. The number of aliphatic hydroxyl groups is 1. The summed E-state index contributed by atoms with van der Waals surface area (Å²) in [6.07, 6.45) is 19.3. The number of ether oxygens (including phenoxy) is 1. The number of hydrogen-bond acceptors (Lipinski definition) is 6. The number of esters is 1. The number of aliphatic hydroxyl groups excluding tert-OH is 1. The molecule has 0 rings (SSSR count). The molecular formula is C26H53NO7P+. The Bertz CT molecular complexity index is 593. The molecule has 2 N–H and O–H groups in total. The number of allylic oxidation sites excluding steroid dienone is 2. The van der Waals surface area contributed by atoms with Crippen LogP contribution in [0.15, 0.2) is 12.2 Å². The van der Waals surface area contributed by atoms with E-state index >= 15 is 0 Å². The van der Waals surface area contributed by atoms with Gasteiger partial charge in [-0.1, -0.05) is 70.4 Å². The number of hydrogen-bond donors (Lipinski definition) is 2. The topological polar surface area (TPSA) is 102 Å². The number of likely N-dealkylation sites (N-methyl/N-ethyl adjacent to an activating group) is 1. The van der Waals surface area contributed by atoms with Gasteiger partial charge in [-0.2, -0.15) is 0 Å². The summed E-state index contributed by atoms with van der Waals surface area (Å²) in [5, 5.41) is 9.38. The first kappa shape index (κ1) is 34.2. The lowest BCUT2D eigenvalue weighted by molar-refractivity contribution is -0.870. The summed E-state index contributed by atoms with van der Waals surface area (Å²) >= 11 is 0. The second kappa shape index (κ2) is 21.3. The highest BCUT2D eigenvalue weighted by Crippen LogP contribution is 2.43. The van der Waals surface area contributed by atoms with Crippen molar-refractivity contribution in [1.29, 1.82) is 0 Å². The van der Waals surface area contributed by atoms with Crippen molar-refractivity contribution in [3.63, 3.8) is 0 Å². The van der Waals surface area contributed by atoms with E-state index < -0.39 is 33.1 Å². The Labute approximate surface area is 214 Å². The van der Waals surface area contributed by atoms with Crippen LogP contribution >= 0.6 is 7.82 Å². The SMILES string of the molecule is CCCCCCCCCCC/C=C\CCCCC(=O)O[C@@H](CO)COP(=O)(O)OCC[N+](C)(C)C. The molecule has 0 saturated carbocycles. The van der Waals surface area contributed by atoms with Gasteiger partial charge in [-0.3, -0.25) is 13.8 Å². The van der Waals surface area contributed by atoms with Crippen LogP contribution in [0.2, 0.25) is 0 Å². The summed E-state index contributed by atoms with van der Waals surface area (Å²) < 4.78 is 27.4. The van der Waals surface area contributed by atoms with Crippen LogP contribution in [0.25, 0.3) is 0 Å². The molecule has 0 heterocycles. The van der Waals surface area contributed by atoms with E-state index in [1.54, 1.807) is 0 Å². The monoisotopic (exact) mass is 522 g/mol. The van der Waals surface area contributed by atoms with Gasteiger partial charge in [-0.15, -0.1) is 0 Å². The summed E-state index contributed by atoms with van der Waals surface area (Å²) in [5.74, 6) is -0.454. The van der Waals surface area contributed by atoms with E-state index in [4.69, 9.17) is 13.8 Å². The number of unbranched alkanes of at least 4 members (excludes halogenated alkanes) is 11. The maximum Gasteiger partial charge on any atom is 0.472 e. The average Bonchev–Trinajstić information content (AvgIpc) is 2.78. The third-order valence-electron chi connectivity index (χ3n) is 5.58. The molecule has 0 aromatic carbocycles. The van der Waals surface area contributed by atoms with Gasteiger partial charge >= 0.3 is 13.8 Å². The second-order valence-corrected chi connectivity index (χ2v) is 11.7. The van der Waals surface area contributed by atoms with Crippen LogP contribution in [0.1, 0.15) is 96.8 Å². The Morgan fingerprint density at radius 2 is 1.43 bits per heavy atom. The second-order valence-electron chi connectivity index (χ2n) is 10.2. The van der Waals surface area contributed by atoms with E-state index in [-0.39, 0.29) is 13.0 Å². The number of phosphoric acid groups is 1. The molecule has 8 nitrogen and oxygen atoms in total. The van der Waals surface area contributed by atoms with Gasteiger partial charge in [-0.25, -0.2) is 4.57 Å². The zero-order chi connectivity index (χ0) is 26.4.